The number of benzene rings is 1. The Morgan fingerprint density at radius 1 is 1.25 bits per heavy atom. The lowest BCUT2D eigenvalue weighted by Gasteiger charge is -2.35. The second-order valence-electron chi connectivity index (χ2n) is 6.25. The highest BCUT2D eigenvalue weighted by Gasteiger charge is 2.27. The lowest BCUT2D eigenvalue weighted by molar-refractivity contribution is -0.124. The summed E-state index contributed by atoms with van der Waals surface area (Å²) in [6.45, 7) is 5.05. The first-order valence-electron chi connectivity index (χ1n) is 7.89. The standard InChI is InChI=1S/C16H22F2N2O3S/c1-11(2)15(21)19-12-4-3-9-20(10-12)13-5-7-14(8-6-13)24(22,23)16(17)18/h5-8,11-12,16H,3-4,9-10H2,1-2H3,(H,19,21). The molecule has 0 spiro atoms. The van der Waals surface area contributed by atoms with Gasteiger partial charge in [0, 0.05) is 30.7 Å². The van der Waals surface area contributed by atoms with Crippen LogP contribution in [0.1, 0.15) is 26.7 Å². The van der Waals surface area contributed by atoms with Crippen LogP contribution in [0.5, 0.6) is 0 Å². The number of rotatable bonds is 5. The number of hydrogen-bond donors (Lipinski definition) is 1. The molecule has 1 fully saturated rings. The topological polar surface area (TPSA) is 66.5 Å². The van der Waals surface area contributed by atoms with E-state index in [9.17, 15) is 22.0 Å². The predicted molar refractivity (Wildman–Crippen MR) is 87.8 cm³/mol. The number of alkyl halides is 2. The van der Waals surface area contributed by atoms with Crippen molar-refractivity contribution in [2.45, 2.75) is 43.4 Å². The lowest BCUT2D eigenvalue weighted by atomic mass is 10.0. The first-order valence-corrected chi connectivity index (χ1v) is 9.44. The van der Waals surface area contributed by atoms with Crippen LogP contribution in [0.4, 0.5) is 14.5 Å². The highest BCUT2D eigenvalue weighted by Crippen LogP contribution is 2.24. The van der Waals surface area contributed by atoms with E-state index in [2.05, 4.69) is 5.32 Å². The van der Waals surface area contributed by atoms with Crippen molar-refractivity contribution in [2.24, 2.45) is 5.92 Å². The highest BCUT2D eigenvalue weighted by molar-refractivity contribution is 7.91. The molecule has 1 heterocycles. The van der Waals surface area contributed by atoms with E-state index in [1.807, 2.05) is 18.7 Å². The van der Waals surface area contributed by atoms with Crippen LogP contribution in [-0.4, -0.2) is 39.2 Å². The normalized spacial score (nSPS) is 18.9. The molecule has 0 saturated carbocycles. The van der Waals surface area contributed by atoms with Crippen molar-refractivity contribution >= 4 is 21.4 Å². The Bertz CT molecular complexity index is 675. The van der Waals surface area contributed by atoms with Gasteiger partial charge in [-0.3, -0.25) is 4.79 Å². The third-order valence-corrected chi connectivity index (χ3v) is 5.46. The van der Waals surface area contributed by atoms with Gasteiger partial charge in [0.25, 0.3) is 0 Å². The molecule has 1 N–H and O–H groups in total. The molecular formula is C16H22F2N2O3S. The van der Waals surface area contributed by atoms with Gasteiger partial charge in [-0.05, 0) is 37.1 Å². The zero-order valence-electron chi connectivity index (χ0n) is 13.7. The van der Waals surface area contributed by atoms with Gasteiger partial charge in [-0.1, -0.05) is 13.8 Å². The Morgan fingerprint density at radius 2 is 1.88 bits per heavy atom. The van der Waals surface area contributed by atoms with Crippen molar-refractivity contribution in [3.05, 3.63) is 24.3 Å². The summed E-state index contributed by atoms with van der Waals surface area (Å²) < 4.78 is 48.0. The summed E-state index contributed by atoms with van der Waals surface area (Å²) in [4.78, 5) is 13.4. The summed E-state index contributed by atoms with van der Waals surface area (Å²) in [6.07, 6.45) is 1.77. The van der Waals surface area contributed by atoms with Crippen molar-refractivity contribution < 1.29 is 22.0 Å². The number of halogens is 2. The van der Waals surface area contributed by atoms with Gasteiger partial charge in [0.2, 0.25) is 15.7 Å². The zero-order valence-corrected chi connectivity index (χ0v) is 14.5. The van der Waals surface area contributed by atoms with E-state index in [0.717, 1.165) is 25.1 Å². The molecule has 0 aromatic heterocycles. The second-order valence-corrected chi connectivity index (χ2v) is 8.17. The van der Waals surface area contributed by atoms with Crippen LogP contribution >= 0.6 is 0 Å². The van der Waals surface area contributed by atoms with Gasteiger partial charge >= 0.3 is 5.76 Å². The van der Waals surface area contributed by atoms with Crippen molar-refractivity contribution in [1.29, 1.82) is 0 Å². The van der Waals surface area contributed by atoms with E-state index in [0.29, 0.717) is 6.54 Å². The molecule has 1 aliphatic heterocycles. The molecule has 1 aromatic rings. The number of hydrogen-bond acceptors (Lipinski definition) is 4. The number of carbonyl (C=O) groups is 1. The van der Waals surface area contributed by atoms with Crippen LogP contribution in [0.3, 0.4) is 0 Å². The molecule has 1 unspecified atom stereocenters. The minimum Gasteiger partial charge on any atom is -0.369 e. The van der Waals surface area contributed by atoms with E-state index in [1.165, 1.54) is 24.3 Å². The van der Waals surface area contributed by atoms with Crippen LogP contribution < -0.4 is 10.2 Å². The maximum absolute atomic E-state index is 12.6. The Morgan fingerprint density at radius 3 is 2.42 bits per heavy atom. The Hall–Kier alpha value is -1.70. The van der Waals surface area contributed by atoms with E-state index >= 15 is 0 Å². The number of sulfone groups is 1. The van der Waals surface area contributed by atoms with Crippen molar-refractivity contribution in [1.82, 2.24) is 5.32 Å². The number of carbonyl (C=O) groups excluding carboxylic acids is 1. The molecule has 0 bridgehead atoms. The average molecular weight is 360 g/mol. The summed E-state index contributed by atoms with van der Waals surface area (Å²) in [5.41, 5.74) is 0.756. The molecule has 5 nitrogen and oxygen atoms in total. The first-order chi connectivity index (χ1) is 11.2. The fourth-order valence-corrected chi connectivity index (χ4v) is 3.37. The maximum Gasteiger partial charge on any atom is 0.341 e. The molecule has 1 atom stereocenters. The largest absolute Gasteiger partial charge is 0.369 e. The Balaban J connectivity index is 2.07. The second kappa shape index (κ2) is 7.46. The Labute approximate surface area is 141 Å². The van der Waals surface area contributed by atoms with Gasteiger partial charge in [-0.25, -0.2) is 8.42 Å². The van der Waals surface area contributed by atoms with Crippen molar-refractivity contribution in [3.8, 4) is 0 Å². The summed E-state index contributed by atoms with van der Waals surface area (Å²) in [7, 11) is -4.57. The zero-order chi connectivity index (χ0) is 17.9. The summed E-state index contributed by atoms with van der Waals surface area (Å²) in [5.74, 6) is -3.51. The number of nitrogens with zero attached hydrogens (tertiary/aromatic N) is 1. The molecule has 1 amide bonds. The minimum absolute atomic E-state index is 0.000208. The minimum atomic E-state index is -4.57. The Kier molecular flexibility index (Phi) is 5.79. The van der Waals surface area contributed by atoms with Crippen LogP contribution in [0.15, 0.2) is 29.2 Å². The number of anilines is 1. The molecular weight excluding hydrogens is 338 g/mol. The van der Waals surface area contributed by atoms with Crippen LogP contribution in [0.25, 0.3) is 0 Å². The van der Waals surface area contributed by atoms with Gasteiger partial charge in [-0.15, -0.1) is 0 Å². The van der Waals surface area contributed by atoms with Crippen molar-refractivity contribution in [2.75, 3.05) is 18.0 Å². The molecule has 8 heteroatoms. The third-order valence-electron chi connectivity index (χ3n) is 4.06. The summed E-state index contributed by atoms with van der Waals surface area (Å²) in [5, 5.41) is 2.99. The molecule has 0 aliphatic carbocycles. The SMILES string of the molecule is CC(C)C(=O)NC1CCCN(c2ccc(S(=O)(=O)C(F)F)cc2)C1. The summed E-state index contributed by atoms with van der Waals surface area (Å²) >= 11 is 0. The smallest absolute Gasteiger partial charge is 0.341 e. The van der Waals surface area contributed by atoms with E-state index in [-0.39, 0.29) is 22.8 Å². The van der Waals surface area contributed by atoms with Gasteiger partial charge in [0.15, 0.2) is 0 Å². The lowest BCUT2D eigenvalue weighted by Crippen LogP contribution is -2.48. The fraction of sp³-hybridized carbons (Fsp3) is 0.562. The van der Waals surface area contributed by atoms with Gasteiger partial charge in [-0.2, -0.15) is 8.78 Å². The van der Waals surface area contributed by atoms with E-state index in [1.54, 1.807) is 0 Å². The predicted octanol–water partition coefficient (Wildman–Crippen LogP) is 2.42. The molecule has 0 radical (unpaired) electrons. The van der Waals surface area contributed by atoms with Crippen molar-refractivity contribution in [3.63, 3.8) is 0 Å². The molecule has 1 aromatic carbocycles. The number of piperidine rings is 1. The van der Waals surface area contributed by atoms with Gasteiger partial charge < -0.3 is 10.2 Å². The monoisotopic (exact) mass is 360 g/mol. The quantitative estimate of drug-likeness (QED) is 0.876. The van der Waals surface area contributed by atoms with Crippen LogP contribution in [-0.2, 0) is 14.6 Å². The number of nitrogens with one attached hydrogen (secondary N) is 1. The third kappa shape index (κ3) is 4.23. The maximum atomic E-state index is 12.6. The van der Waals surface area contributed by atoms with Crippen LogP contribution in [0, 0.1) is 5.92 Å². The van der Waals surface area contributed by atoms with Gasteiger partial charge in [0.1, 0.15) is 0 Å². The van der Waals surface area contributed by atoms with Crippen LogP contribution in [0.2, 0.25) is 0 Å². The molecule has 1 saturated heterocycles. The molecule has 134 valence electrons. The van der Waals surface area contributed by atoms with Gasteiger partial charge in [0.05, 0.1) is 4.90 Å². The van der Waals surface area contributed by atoms with E-state index < -0.39 is 15.6 Å². The molecule has 2 rings (SSSR count). The summed E-state index contributed by atoms with van der Waals surface area (Å²) in [6, 6.07) is 5.49. The average Bonchev–Trinajstić information content (AvgIpc) is 2.55. The first kappa shape index (κ1) is 18.6. The number of amides is 1. The molecule has 24 heavy (non-hydrogen) atoms. The highest BCUT2D eigenvalue weighted by atomic mass is 32.2. The fourth-order valence-electron chi connectivity index (χ4n) is 2.65. The molecule has 1 aliphatic rings. The van der Waals surface area contributed by atoms with E-state index in [4.69, 9.17) is 0 Å².